The number of piperidine rings is 1. The van der Waals surface area contributed by atoms with E-state index in [1.807, 2.05) is 0 Å². The van der Waals surface area contributed by atoms with Gasteiger partial charge in [0.15, 0.2) is 0 Å². The predicted octanol–water partition coefficient (Wildman–Crippen LogP) is 1.25. The van der Waals surface area contributed by atoms with Gasteiger partial charge in [-0.15, -0.1) is 0 Å². The molecule has 2 N–H and O–H groups in total. The molecule has 0 radical (unpaired) electrons. The van der Waals surface area contributed by atoms with Crippen molar-refractivity contribution in [1.29, 1.82) is 0 Å². The Labute approximate surface area is 127 Å². The Bertz CT molecular complexity index is 420. The minimum Gasteiger partial charge on any atom is -0.396 e. The van der Waals surface area contributed by atoms with E-state index in [-0.39, 0.29) is 12.0 Å². The first-order chi connectivity index (χ1) is 10.3. The SMILES string of the molecule is OCC1(CNC2CCN(Cc3ccccc3)CC2)COC1. The monoisotopic (exact) mass is 290 g/mol. The van der Waals surface area contributed by atoms with Crippen LogP contribution in [-0.2, 0) is 11.3 Å². The second-order valence-corrected chi connectivity index (χ2v) is 6.57. The van der Waals surface area contributed by atoms with Crippen LogP contribution in [0.15, 0.2) is 30.3 Å². The highest BCUT2D eigenvalue weighted by molar-refractivity contribution is 5.14. The lowest BCUT2D eigenvalue weighted by Crippen LogP contribution is -2.55. The highest BCUT2D eigenvalue weighted by Gasteiger charge is 2.38. The molecule has 3 rings (SSSR count). The van der Waals surface area contributed by atoms with Crippen LogP contribution in [0.3, 0.4) is 0 Å². The summed E-state index contributed by atoms with van der Waals surface area (Å²) < 4.78 is 5.24. The average Bonchev–Trinajstić information content (AvgIpc) is 2.49. The Morgan fingerprint density at radius 2 is 1.90 bits per heavy atom. The molecule has 4 nitrogen and oxygen atoms in total. The number of nitrogens with one attached hydrogen (secondary N) is 1. The van der Waals surface area contributed by atoms with Crippen LogP contribution >= 0.6 is 0 Å². The van der Waals surface area contributed by atoms with Crippen LogP contribution in [0.5, 0.6) is 0 Å². The van der Waals surface area contributed by atoms with Crippen molar-refractivity contribution in [3.05, 3.63) is 35.9 Å². The summed E-state index contributed by atoms with van der Waals surface area (Å²) >= 11 is 0. The number of aliphatic hydroxyl groups excluding tert-OH is 1. The summed E-state index contributed by atoms with van der Waals surface area (Å²) in [6.07, 6.45) is 2.38. The smallest absolute Gasteiger partial charge is 0.0579 e. The van der Waals surface area contributed by atoms with E-state index in [1.54, 1.807) is 0 Å². The Kier molecular flexibility index (Phi) is 4.91. The summed E-state index contributed by atoms with van der Waals surface area (Å²) in [6, 6.07) is 11.3. The molecule has 0 amide bonds. The topological polar surface area (TPSA) is 44.7 Å². The second kappa shape index (κ2) is 6.88. The zero-order chi connectivity index (χ0) is 14.5. The minimum atomic E-state index is -0.0127. The van der Waals surface area contributed by atoms with E-state index in [9.17, 15) is 5.11 Å². The molecule has 1 aromatic rings. The van der Waals surface area contributed by atoms with Gasteiger partial charge in [0.1, 0.15) is 0 Å². The third-order valence-corrected chi connectivity index (χ3v) is 4.75. The Balaban J connectivity index is 1.39. The molecular weight excluding hydrogens is 264 g/mol. The van der Waals surface area contributed by atoms with E-state index in [2.05, 4.69) is 40.5 Å². The number of likely N-dealkylation sites (tertiary alicyclic amines) is 1. The first kappa shape index (κ1) is 15.0. The summed E-state index contributed by atoms with van der Waals surface area (Å²) in [6.45, 7) is 5.86. The molecule has 21 heavy (non-hydrogen) atoms. The Hall–Kier alpha value is -0.940. The van der Waals surface area contributed by atoms with Gasteiger partial charge in [0.2, 0.25) is 0 Å². The highest BCUT2D eigenvalue weighted by Crippen LogP contribution is 2.26. The van der Waals surface area contributed by atoms with Crippen molar-refractivity contribution in [2.75, 3.05) is 39.5 Å². The van der Waals surface area contributed by atoms with Crippen molar-refractivity contribution < 1.29 is 9.84 Å². The molecule has 4 heteroatoms. The molecule has 2 aliphatic rings. The van der Waals surface area contributed by atoms with Crippen LogP contribution in [0.4, 0.5) is 0 Å². The molecule has 0 bridgehead atoms. The van der Waals surface area contributed by atoms with Crippen molar-refractivity contribution in [2.45, 2.75) is 25.4 Å². The molecule has 0 atom stereocenters. The van der Waals surface area contributed by atoms with Gasteiger partial charge < -0.3 is 15.2 Å². The number of benzene rings is 1. The van der Waals surface area contributed by atoms with Gasteiger partial charge in [0.05, 0.1) is 25.2 Å². The number of hydrogen-bond acceptors (Lipinski definition) is 4. The number of aliphatic hydroxyl groups is 1. The first-order valence-electron chi connectivity index (χ1n) is 7.98. The van der Waals surface area contributed by atoms with Gasteiger partial charge in [-0.25, -0.2) is 0 Å². The van der Waals surface area contributed by atoms with Crippen LogP contribution in [-0.4, -0.2) is 55.5 Å². The van der Waals surface area contributed by atoms with Gasteiger partial charge >= 0.3 is 0 Å². The molecule has 2 fully saturated rings. The molecule has 0 unspecified atom stereocenters. The maximum absolute atomic E-state index is 9.44. The molecular formula is C17H26N2O2. The number of ether oxygens (including phenoxy) is 1. The van der Waals surface area contributed by atoms with E-state index >= 15 is 0 Å². The van der Waals surface area contributed by atoms with Gasteiger partial charge in [-0.3, -0.25) is 4.90 Å². The fraction of sp³-hybridized carbons (Fsp3) is 0.647. The first-order valence-corrected chi connectivity index (χ1v) is 7.98. The van der Waals surface area contributed by atoms with Crippen LogP contribution in [0.2, 0.25) is 0 Å². The molecule has 0 saturated carbocycles. The lowest BCUT2D eigenvalue weighted by atomic mass is 9.86. The van der Waals surface area contributed by atoms with Crippen molar-refractivity contribution in [3.8, 4) is 0 Å². The van der Waals surface area contributed by atoms with Crippen LogP contribution < -0.4 is 5.32 Å². The van der Waals surface area contributed by atoms with Crippen molar-refractivity contribution in [2.24, 2.45) is 5.41 Å². The van der Waals surface area contributed by atoms with Gasteiger partial charge in [-0.05, 0) is 31.5 Å². The van der Waals surface area contributed by atoms with Gasteiger partial charge in [-0.2, -0.15) is 0 Å². The van der Waals surface area contributed by atoms with E-state index in [0.29, 0.717) is 19.3 Å². The quantitative estimate of drug-likeness (QED) is 0.828. The van der Waals surface area contributed by atoms with E-state index in [1.165, 1.54) is 18.4 Å². The molecule has 2 aliphatic heterocycles. The molecule has 2 heterocycles. The summed E-state index contributed by atoms with van der Waals surface area (Å²) in [5.41, 5.74) is 1.39. The number of hydrogen-bond donors (Lipinski definition) is 2. The highest BCUT2D eigenvalue weighted by atomic mass is 16.5. The van der Waals surface area contributed by atoms with Gasteiger partial charge in [0, 0.05) is 19.1 Å². The lowest BCUT2D eigenvalue weighted by molar-refractivity contribution is -0.135. The molecule has 0 aliphatic carbocycles. The fourth-order valence-corrected chi connectivity index (χ4v) is 3.14. The number of rotatable bonds is 6. The van der Waals surface area contributed by atoms with Gasteiger partial charge in [-0.1, -0.05) is 30.3 Å². The summed E-state index contributed by atoms with van der Waals surface area (Å²) in [5, 5.41) is 13.1. The summed E-state index contributed by atoms with van der Waals surface area (Å²) in [4.78, 5) is 2.53. The van der Waals surface area contributed by atoms with E-state index in [0.717, 1.165) is 26.2 Å². The van der Waals surface area contributed by atoms with Gasteiger partial charge in [0.25, 0.3) is 0 Å². The second-order valence-electron chi connectivity index (χ2n) is 6.57. The maximum Gasteiger partial charge on any atom is 0.0579 e. The van der Waals surface area contributed by atoms with Crippen LogP contribution in [0.25, 0.3) is 0 Å². The minimum absolute atomic E-state index is 0.0127. The molecule has 116 valence electrons. The fourth-order valence-electron chi connectivity index (χ4n) is 3.14. The van der Waals surface area contributed by atoms with Crippen LogP contribution in [0, 0.1) is 5.41 Å². The molecule has 1 aromatic carbocycles. The van der Waals surface area contributed by atoms with E-state index < -0.39 is 0 Å². The van der Waals surface area contributed by atoms with Crippen LogP contribution in [0.1, 0.15) is 18.4 Å². The average molecular weight is 290 g/mol. The maximum atomic E-state index is 9.44. The predicted molar refractivity (Wildman–Crippen MR) is 83.1 cm³/mol. The van der Waals surface area contributed by atoms with Crippen molar-refractivity contribution in [1.82, 2.24) is 10.2 Å². The summed E-state index contributed by atoms with van der Waals surface area (Å²) in [7, 11) is 0. The zero-order valence-corrected chi connectivity index (χ0v) is 12.6. The van der Waals surface area contributed by atoms with Crippen molar-refractivity contribution in [3.63, 3.8) is 0 Å². The third kappa shape index (κ3) is 3.83. The summed E-state index contributed by atoms with van der Waals surface area (Å²) in [5.74, 6) is 0. The largest absolute Gasteiger partial charge is 0.396 e. The number of nitrogens with zero attached hydrogens (tertiary/aromatic N) is 1. The Morgan fingerprint density at radius 1 is 1.19 bits per heavy atom. The molecule has 0 spiro atoms. The lowest BCUT2D eigenvalue weighted by Gasteiger charge is -2.42. The molecule has 0 aromatic heterocycles. The third-order valence-electron chi connectivity index (χ3n) is 4.75. The zero-order valence-electron chi connectivity index (χ0n) is 12.6. The Morgan fingerprint density at radius 3 is 2.48 bits per heavy atom. The molecule has 2 saturated heterocycles. The normalized spacial score (nSPS) is 22.9. The van der Waals surface area contributed by atoms with E-state index in [4.69, 9.17) is 4.74 Å². The van der Waals surface area contributed by atoms with Crippen molar-refractivity contribution >= 4 is 0 Å². The standard InChI is InChI=1S/C17H26N2O2/c20-12-17(13-21-14-17)11-18-16-6-8-19(9-7-16)10-15-4-2-1-3-5-15/h1-5,16,18,20H,6-14H2.